The molecule has 1 aromatic carbocycles. The number of thiazole rings is 1. The summed E-state index contributed by atoms with van der Waals surface area (Å²) in [5.74, 6) is 0.415. The SMILES string of the molecule is NC1(c2nc3c(s2)CCC3)CCCCC1c1ccccc1. The first kappa shape index (κ1) is 13.5. The number of hydrogen-bond donors (Lipinski definition) is 1. The fourth-order valence-corrected chi connectivity index (χ4v) is 5.33. The summed E-state index contributed by atoms with van der Waals surface area (Å²) < 4.78 is 0. The Hall–Kier alpha value is -1.19. The van der Waals surface area contributed by atoms with E-state index in [2.05, 4.69) is 30.3 Å². The summed E-state index contributed by atoms with van der Waals surface area (Å²) in [7, 11) is 0. The van der Waals surface area contributed by atoms with Crippen molar-refractivity contribution in [2.75, 3.05) is 0 Å². The predicted octanol–water partition coefficient (Wildman–Crippen LogP) is 4.14. The van der Waals surface area contributed by atoms with Crippen LogP contribution in [-0.4, -0.2) is 4.98 Å². The van der Waals surface area contributed by atoms with Crippen LogP contribution in [0.4, 0.5) is 0 Å². The van der Waals surface area contributed by atoms with Gasteiger partial charge in [0.2, 0.25) is 0 Å². The van der Waals surface area contributed by atoms with E-state index in [0.717, 1.165) is 12.8 Å². The Labute approximate surface area is 130 Å². The van der Waals surface area contributed by atoms with Crippen LogP contribution in [0.3, 0.4) is 0 Å². The first-order valence-corrected chi connectivity index (χ1v) is 8.92. The largest absolute Gasteiger partial charge is 0.319 e. The number of aromatic nitrogens is 1. The van der Waals surface area contributed by atoms with Gasteiger partial charge in [-0.15, -0.1) is 11.3 Å². The van der Waals surface area contributed by atoms with E-state index in [9.17, 15) is 0 Å². The Bertz CT molecular complexity index is 612. The van der Waals surface area contributed by atoms with Gasteiger partial charge in [0.05, 0.1) is 11.2 Å². The van der Waals surface area contributed by atoms with Gasteiger partial charge in [-0.2, -0.15) is 0 Å². The summed E-state index contributed by atoms with van der Waals surface area (Å²) >= 11 is 1.89. The summed E-state index contributed by atoms with van der Waals surface area (Å²) in [6.45, 7) is 0. The van der Waals surface area contributed by atoms with Crippen molar-refractivity contribution in [2.24, 2.45) is 5.73 Å². The van der Waals surface area contributed by atoms with Gasteiger partial charge in [0.1, 0.15) is 5.01 Å². The summed E-state index contributed by atoms with van der Waals surface area (Å²) in [6, 6.07) is 10.8. The second-order valence-electron chi connectivity index (χ2n) is 6.49. The molecule has 2 N–H and O–H groups in total. The van der Waals surface area contributed by atoms with Crippen LogP contribution in [-0.2, 0) is 18.4 Å². The summed E-state index contributed by atoms with van der Waals surface area (Å²) in [5.41, 5.74) is 9.43. The van der Waals surface area contributed by atoms with Gasteiger partial charge in [-0.05, 0) is 37.7 Å². The number of rotatable bonds is 2. The molecule has 1 saturated carbocycles. The third-order valence-corrected chi connectivity index (χ3v) is 6.50. The van der Waals surface area contributed by atoms with E-state index in [4.69, 9.17) is 10.7 Å². The van der Waals surface area contributed by atoms with E-state index in [1.807, 2.05) is 11.3 Å². The second-order valence-corrected chi connectivity index (χ2v) is 7.58. The Morgan fingerprint density at radius 1 is 1.10 bits per heavy atom. The molecule has 0 saturated heterocycles. The first-order valence-electron chi connectivity index (χ1n) is 8.10. The Balaban J connectivity index is 1.74. The third kappa shape index (κ3) is 2.23. The standard InChI is InChI=1S/C18H22N2S/c19-18(17-20-15-10-6-11-16(15)21-17)12-5-4-9-14(18)13-7-2-1-3-8-13/h1-3,7-8,14H,4-6,9-12,19H2. The molecule has 0 radical (unpaired) electrons. The fourth-order valence-electron chi connectivity index (χ4n) is 3.99. The molecular weight excluding hydrogens is 276 g/mol. The van der Waals surface area contributed by atoms with Crippen molar-refractivity contribution in [3.63, 3.8) is 0 Å². The van der Waals surface area contributed by atoms with Crippen LogP contribution in [0, 0.1) is 0 Å². The number of aryl methyl sites for hydroxylation is 2. The number of nitrogens with two attached hydrogens (primary N) is 1. The van der Waals surface area contributed by atoms with Gasteiger partial charge >= 0.3 is 0 Å². The van der Waals surface area contributed by atoms with Gasteiger partial charge in [0, 0.05) is 10.8 Å². The maximum Gasteiger partial charge on any atom is 0.114 e. The predicted molar refractivity (Wildman–Crippen MR) is 87.7 cm³/mol. The summed E-state index contributed by atoms with van der Waals surface area (Å²) in [5, 5.41) is 1.20. The van der Waals surface area contributed by atoms with Crippen LogP contribution in [0.15, 0.2) is 30.3 Å². The molecule has 2 atom stereocenters. The van der Waals surface area contributed by atoms with E-state index in [1.165, 1.54) is 53.2 Å². The van der Waals surface area contributed by atoms with Crippen molar-refractivity contribution in [3.05, 3.63) is 51.5 Å². The molecule has 0 aliphatic heterocycles. The quantitative estimate of drug-likeness (QED) is 0.905. The molecule has 4 rings (SSSR count). The third-order valence-electron chi connectivity index (χ3n) is 5.15. The molecule has 1 fully saturated rings. The Morgan fingerprint density at radius 2 is 1.95 bits per heavy atom. The number of benzene rings is 1. The minimum absolute atomic E-state index is 0.255. The van der Waals surface area contributed by atoms with Gasteiger partial charge < -0.3 is 5.73 Å². The fraction of sp³-hybridized carbons (Fsp3) is 0.500. The van der Waals surface area contributed by atoms with E-state index in [-0.39, 0.29) is 5.54 Å². The molecule has 1 aromatic heterocycles. The normalized spacial score (nSPS) is 28.5. The van der Waals surface area contributed by atoms with Crippen molar-refractivity contribution in [3.8, 4) is 0 Å². The van der Waals surface area contributed by atoms with Crippen LogP contribution < -0.4 is 5.73 Å². The zero-order valence-corrected chi connectivity index (χ0v) is 13.2. The van der Waals surface area contributed by atoms with Gasteiger partial charge in [-0.3, -0.25) is 0 Å². The molecule has 21 heavy (non-hydrogen) atoms. The lowest BCUT2D eigenvalue weighted by molar-refractivity contribution is 0.253. The van der Waals surface area contributed by atoms with Crippen LogP contribution in [0.25, 0.3) is 0 Å². The molecule has 2 aliphatic rings. The molecule has 2 nitrogen and oxygen atoms in total. The maximum absolute atomic E-state index is 6.97. The smallest absolute Gasteiger partial charge is 0.114 e. The molecule has 2 aromatic rings. The minimum Gasteiger partial charge on any atom is -0.319 e. The molecule has 0 bridgehead atoms. The molecule has 2 aliphatic carbocycles. The van der Waals surface area contributed by atoms with Gasteiger partial charge in [0.15, 0.2) is 0 Å². The zero-order chi connectivity index (χ0) is 14.3. The van der Waals surface area contributed by atoms with Crippen molar-refractivity contribution in [1.29, 1.82) is 0 Å². The van der Waals surface area contributed by atoms with Crippen molar-refractivity contribution in [2.45, 2.75) is 56.4 Å². The second kappa shape index (κ2) is 5.22. The highest BCUT2D eigenvalue weighted by molar-refractivity contribution is 7.12. The number of fused-ring (bicyclic) bond motifs is 1. The molecule has 2 unspecified atom stereocenters. The monoisotopic (exact) mass is 298 g/mol. The summed E-state index contributed by atoms with van der Waals surface area (Å²) in [4.78, 5) is 6.45. The molecule has 0 amide bonds. The van der Waals surface area contributed by atoms with Gasteiger partial charge in [-0.1, -0.05) is 43.2 Å². The van der Waals surface area contributed by atoms with Crippen molar-refractivity contribution >= 4 is 11.3 Å². The summed E-state index contributed by atoms with van der Waals surface area (Å²) in [6.07, 6.45) is 8.39. The lowest BCUT2D eigenvalue weighted by Crippen LogP contribution is -2.45. The highest BCUT2D eigenvalue weighted by atomic mass is 32.1. The van der Waals surface area contributed by atoms with Crippen molar-refractivity contribution in [1.82, 2.24) is 4.98 Å². The van der Waals surface area contributed by atoms with Crippen LogP contribution in [0.2, 0.25) is 0 Å². The number of nitrogens with zero attached hydrogens (tertiary/aromatic N) is 1. The first-order chi connectivity index (χ1) is 10.3. The van der Waals surface area contributed by atoms with E-state index < -0.39 is 0 Å². The van der Waals surface area contributed by atoms with Gasteiger partial charge in [-0.25, -0.2) is 4.98 Å². The Morgan fingerprint density at radius 3 is 2.76 bits per heavy atom. The van der Waals surface area contributed by atoms with Crippen LogP contribution in [0.5, 0.6) is 0 Å². The molecule has 3 heteroatoms. The maximum atomic E-state index is 6.97. The van der Waals surface area contributed by atoms with E-state index >= 15 is 0 Å². The average molecular weight is 298 g/mol. The highest BCUT2D eigenvalue weighted by Gasteiger charge is 2.42. The topological polar surface area (TPSA) is 38.9 Å². The Kier molecular flexibility index (Phi) is 3.35. The van der Waals surface area contributed by atoms with Crippen LogP contribution in [0.1, 0.15) is 59.2 Å². The van der Waals surface area contributed by atoms with E-state index in [0.29, 0.717) is 5.92 Å². The van der Waals surface area contributed by atoms with Gasteiger partial charge in [0.25, 0.3) is 0 Å². The highest BCUT2D eigenvalue weighted by Crippen LogP contribution is 2.47. The van der Waals surface area contributed by atoms with Crippen LogP contribution >= 0.6 is 11.3 Å². The molecule has 110 valence electrons. The molecular formula is C18H22N2S. The van der Waals surface area contributed by atoms with Crippen molar-refractivity contribution < 1.29 is 0 Å². The zero-order valence-electron chi connectivity index (χ0n) is 12.3. The lowest BCUT2D eigenvalue weighted by Gasteiger charge is -2.40. The molecule has 0 spiro atoms. The minimum atomic E-state index is -0.255. The molecule has 1 heterocycles. The lowest BCUT2D eigenvalue weighted by atomic mass is 9.70. The average Bonchev–Trinajstić information content (AvgIpc) is 3.10. The number of hydrogen-bond acceptors (Lipinski definition) is 3. The van der Waals surface area contributed by atoms with E-state index in [1.54, 1.807) is 0 Å².